The predicted octanol–water partition coefficient (Wildman–Crippen LogP) is 6.21. The lowest BCUT2D eigenvalue weighted by molar-refractivity contribution is -0.147. The molecule has 0 aromatic heterocycles. The highest BCUT2D eigenvalue weighted by molar-refractivity contribution is 7.47. The maximum absolute atomic E-state index is 12.2. The summed E-state index contributed by atoms with van der Waals surface area (Å²) in [6.45, 7) is 2.38. The molecule has 0 rings (SSSR count). The Hall–Kier alpha value is -1.78. The fourth-order valence-electron chi connectivity index (χ4n) is 4.01. The van der Waals surface area contributed by atoms with E-state index in [1.807, 2.05) is 0 Å². The van der Waals surface area contributed by atoms with Crippen molar-refractivity contribution in [1.82, 2.24) is 5.32 Å². The van der Waals surface area contributed by atoms with Crippen molar-refractivity contribution in [3.63, 3.8) is 0 Å². The Kier molecular flexibility index (Phi) is 25.7. The van der Waals surface area contributed by atoms with Gasteiger partial charge in [-0.3, -0.25) is 18.6 Å². The second-order valence-corrected chi connectivity index (χ2v) is 12.1. The van der Waals surface area contributed by atoms with Gasteiger partial charge in [0, 0.05) is 12.8 Å². The SMILES string of the molecule is CCCCCCC/C=C\CCCCCCCC(=O)NC(COP(=O)(O)OCC(O)COC(=O)CCCCCC)C(=O)O. The van der Waals surface area contributed by atoms with Crippen LogP contribution in [0.1, 0.15) is 129 Å². The number of hydrogen-bond acceptors (Lipinski definition) is 8. The molecule has 1 amide bonds. The van der Waals surface area contributed by atoms with Gasteiger partial charge in [0.15, 0.2) is 6.04 Å². The lowest BCUT2D eigenvalue weighted by atomic mass is 10.1. The number of carbonyl (C=O) groups is 3. The minimum Gasteiger partial charge on any atom is -0.480 e. The smallest absolute Gasteiger partial charge is 0.472 e. The van der Waals surface area contributed by atoms with Crippen molar-refractivity contribution in [3.05, 3.63) is 12.2 Å². The van der Waals surface area contributed by atoms with Crippen molar-refractivity contribution in [2.24, 2.45) is 0 Å². The predicted molar refractivity (Wildman–Crippen MR) is 162 cm³/mol. The average Bonchev–Trinajstić information content (AvgIpc) is 2.95. The van der Waals surface area contributed by atoms with E-state index in [2.05, 4.69) is 35.8 Å². The van der Waals surface area contributed by atoms with Gasteiger partial charge >= 0.3 is 19.8 Å². The Bertz CT molecular complexity index is 792. The van der Waals surface area contributed by atoms with Crippen molar-refractivity contribution in [2.75, 3.05) is 19.8 Å². The third-order valence-corrected chi connectivity index (χ3v) is 7.51. The van der Waals surface area contributed by atoms with Gasteiger partial charge < -0.3 is 25.2 Å². The zero-order valence-electron chi connectivity index (χ0n) is 25.8. The van der Waals surface area contributed by atoms with Gasteiger partial charge in [0.25, 0.3) is 0 Å². The summed E-state index contributed by atoms with van der Waals surface area (Å²) in [6, 6.07) is -1.54. The molecule has 4 N–H and O–H groups in total. The monoisotopic (exact) mass is 621 g/mol. The van der Waals surface area contributed by atoms with Gasteiger partial charge in [-0.2, -0.15) is 0 Å². The lowest BCUT2D eigenvalue weighted by Gasteiger charge is -2.18. The Morgan fingerprint density at radius 1 is 0.738 bits per heavy atom. The standard InChI is InChI=1S/C30H56NO10P/c1-3-5-7-9-10-11-12-13-14-15-16-17-18-19-21-28(33)31-27(30(35)36)25-41-42(37,38)40-24-26(32)23-39-29(34)22-20-8-6-4-2/h12-13,26-27,32H,3-11,14-25H2,1-2H3,(H,31,33)(H,35,36)(H,37,38)/b13-12-. The minimum absolute atomic E-state index is 0.137. The first-order valence-corrected chi connectivity index (χ1v) is 17.2. The van der Waals surface area contributed by atoms with E-state index in [1.165, 1.54) is 32.1 Å². The van der Waals surface area contributed by atoms with Crippen LogP contribution in [0.3, 0.4) is 0 Å². The zero-order valence-corrected chi connectivity index (χ0v) is 26.7. The number of carboxylic acid groups (broad SMARTS) is 1. The van der Waals surface area contributed by atoms with Crippen LogP contribution in [0.2, 0.25) is 0 Å². The molecule has 0 aliphatic carbocycles. The van der Waals surface area contributed by atoms with E-state index < -0.39 is 57.6 Å². The highest BCUT2D eigenvalue weighted by Crippen LogP contribution is 2.43. The quantitative estimate of drug-likeness (QED) is 0.0326. The molecule has 3 atom stereocenters. The topological polar surface area (TPSA) is 169 Å². The second-order valence-electron chi connectivity index (χ2n) is 10.6. The molecule has 0 aliphatic heterocycles. The van der Waals surface area contributed by atoms with Crippen LogP contribution in [0.25, 0.3) is 0 Å². The molecule has 0 aliphatic rings. The van der Waals surface area contributed by atoms with Gasteiger partial charge in [-0.15, -0.1) is 0 Å². The first-order valence-electron chi connectivity index (χ1n) is 15.7. The molecule has 0 radical (unpaired) electrons. The summed E-state index contributed by atoms with van der Waals surface area (Å²) >= 11 is 0. The number of rotatable bonds is 29. The summed E-state index contributed by atoms with van der Waals surface area (Å²) in [5, 5.41) is 21.5. The molecular weight excluding hydrogens is 565 g/mol. The molecule has 0 saturated heterocycles. The summed E-state index contributed by atoms with van der Waals surface area (Å²) in [4.78, 5) is 45.1. The average molecular weight is 622 g/mol. The largest absolute Gasteiger partial charge is 0.480 e. The van der Waals surface area contributed by atoms with Crippen LogP contribution in [-0.4, -0.2) is 64.9 Å². The van der Waals surface area contributed by atoms with Gasteiger partial charge in [0.05, 0.1) is 13.2 Å². The van der Waals surface area contributed by atoms with E-state index in [4.69, 9.17) is 9.26 Å². The third kappa shape index (κ3) is 25.9. The van der Waals surface area contributed by atoms with Crippen LogP contribution >= 0.6 is 7.82 Å². The number of aliphatic hydroxyl groups is 1. The van der Waals surface area contributed by atoms with Gasteiger partial charge in [-0.1, -0.05) is 90.2 Å². The van der Waals surface area contributed by atoms with E-state index >= 15 is 0 Å². The molecule has 0 bridgehead atoms. The van der Waals surface area contributed by atoms with Crippen LogP contribution in [-0.2, 0) is 32.7 Å². The van der Waals surface area contributed by atoms with Crippen molar-refractivity contribution >= 4 is 25.7 Å². The van der Waals surface area contributed by atoms with E-state index in [9.17, 15) is 34.1 Å². The number of phosphoric ester groups is 1. The molecule has 42 heavy (non-hydrogen) atoms. The van der Waals surface area contributed by atoms with Gasteiger partial charge in [-0.25, -0.2) is 9.36 Å². The molecule has 11 nitrogen and oxygen atoms in total. The highest BCUT2D eigenvalue weighted by Gasteiger charge is 2.28. The number of ether oxygens (including phenoxy) is 1. The lowest BCUT2D eigenvalue weighted by Crippen LogP contribution is -2.43. The van der Waals surface area contributed by atoms with Crippen molar-refractivity contribution in [3.8, 4) is 0 Å². The molecule has 0 aromatic carbocycles. The summed E-state index contributed by atoms with van der Waals surface area (Å²) in [5.41, 5.74) is 0. The third-order valence-electron chi connectivity index (χ3n) is 6.55. The minimum atomic E-state index is -4.73. The molecule has 0 aromatic rings. The van der Waals surface area contributed by atoms with Crippen LogP contribution in [0, 0.1) is 0 Å². The number of carboxylic acids is 1. The number of amides is 1. The summed E-state index contributed by atoms with van der Waals surface area (Å²) in [7, 11) is -4.73. The summed E-state index contributed by atoms with van der Waals surface area (Å²) < 4.78 is 26.3. The number of allylic oxidation sites excluding steroid dienone is 2. The van der Waals surface area contributed by atoms with Gasteiger partial charge in [-0.05, 0) is 38.5 Å². The number of phosphoric acid groups is 1. The van der Waals surface area contributed by atoms with Gasteiger partial charge in [0.1, 0.15) is 12.7 Å². The maximum Gasteiger partial charge on any atom is 0.472 e. The Labute approximate surface area is 252 Å². The highest BCUT2D eigenvalue weighted by atomic mass is 31.2. The Morgan fingerprint density at radius 2 is 1.24 bits per heavy atom. The van der Waals surface area contributed by atoms with Crippen LogP contribution < -0.4 is 5.32 Å². The molecule has 0 heterocycles. The molecular formula is C30H56NO10P. The van der Waals surface area contributed by atoms with E-state index in [0.717, 1.165) is 57.8 Å². The van der Waals surface area contributed by atoms with Crippen molar-refractivity contribution in [1.29, 1.82) is 0 Å². The number of carbonyl (C=O) groups excluding carboxylic acids is 2. The molecule has 12 heteroatoms. The normalized spacial score (nSPS) is 14.4. The van der Waals surface area contributed by atoms with Crippen molar-refractivity contribution < 1.29 is 47.8 Å². The molecule has 0 saturated carbocycles. The molecule has 0 fully saturated rings. The Morgan fingerprint density at radius 3 is 1.83 bits per heavy atom. The number of nitrogens with one attached hydrogen (secondary N) is 1. The molecule has 246 valence electrons. The zero-order chi connectivity index (χ0) is 31.5. The van der Waals surface area contributed by atoms with Gasteiger partial charge in [0.2, 0.25) is 5.91 Å². The maximum atomic E-state index is 12.2. The Balaban J connectivity index is 4.05. The first-order chi connectivity index (χ1) is 20.1. The van der Waals surface area contributed by atoms with Crippen LogP contribution in [0.5, 0.6) is 0 Å². The van der Waals surface area contributed by atoms with Crippen LogP contribution in [0.4, 0.5) is 0 Å². The number of esters is 1. The molecule has 0 spiro atoms. The van der Waals surface area contributed by atoms with Crippen molar-refractivity contribution in [2.45, 2.75) is 142 Å². The summed E-state index contributed by atoms with van der Waals surface area (Å²) in [6.07, 6.45) is 20.4. The fraction of sp³-hybridized carbons (Fsp3) is 0.833. The first kappa shape index (κ1) is 40.2. The van der Waals surface area contributed by atoms with Crippen LogP contribution in [0.15, 0.2) is 12.2 Å². The van der Waals surface area contributed by atoms with E-state index in [1.54, 1.807) is 0 Å². The molecule has 3 unspecified atom stereocenters. The fourth-order valence-corrected chi connectivity index (χ4v) is 4.78. The number of hydrogen-bond donors (Lipinski definition) is 4. The van der Waals surface area contributed by atoms with E-state index in [0.29, 0.717) is 12.8 Å². The number of unbranched alkanes of at least 4 members (excludes halogenated alkanes) is 13. The number of aliphatic hydroxyl groups excluding tert-OH is 1. The summed E-state index contributed by atoms with van der Waals surface area (Å²) in [5.74, 6) is -2.41. The number of aliphatic carboxylic acids is 1. The second kappa shape index (κ2) is 26.8. The van der Waals surface area contributed by atoms with E-state index in [-0.39, 0.29) is 12.8 Å².